The normalized spacial score (nSPS) is 18.5. The minimum Gasteiger partial charge on any atom is -0.492 e. The Hall–Kier alpha value is -2.35. The zero-order chi connectivity index (χ0) is 18.6. The van der Waals surface area contributed by atoms with Crippen LogP contribution in [0.3, 0.4) is 0 Å². The van der Waals surface area contributed by atoms with E-state index >= 15 is 0 Å². The number of nitrogens with zero attached hydrogens (tertiary/aromatic N) is 3. The first kappa shape index (κ1) is 18.4. The molecule has 0 amide bonds. The molecule has 26 heavy (non-hydrogen) atoms. The first-order chi connectivity index (χ1) is 12.5. The maximum atomic E-state index is 11.8. The second-order valence-electron chi connectivity index (χ2n) is 6.16. The van der Waals surface area contributed by atoms with Gasteiger partial charge in [-0.15, -0.1) is 0 Å². The molecule has 1 atom stereocenters. The molecular weight excluding hydrogens is 352 g/mol. The van der Waals surface area contributed by atoms with Crippen LogP contribution in [0.1, 0.15) is 20.3 Å². The third-order valence-corrected chi connectivity index (χ3v) is 6.14. The fourth-order valence-electron chi connectivity index (χ4n) is 3.19. The molecule has 1 aromatic heterocycles. The van der Waals surface area contributed by atoms with Crippen molar-refractivity contribution in [1.29, 1.82) is 0 Å². The number of sulfone groups is 1. The maximum absolute atomic E-state index is 11.8. The Morgan fingerprint density at radius 1 is 1.27 bits per heavy atom. The summed E-state index contributed by atoms with van der Waals surface area (Å²) in [7, 11) is -2.95. The van der Waals surface area contributed by atoms with Crippen LogP contribution < -0.4 is 15.0 Å². The lowest BCUT2D eigenvalue weighted by Gasteiger charge is -2.28. The van der Waals surface area contributed by atoms with Gasteiger partial charge in [-0.25, -0.2) is 18.4 Å². The number of aromatic nitrogens is 2. The van der Waals surface area contributed by atoms with Gasteiger partial charge in [-0.05, 0) is 32.4 Å². The average Bonchev–Trinajstić information content (AvgIpc) is 2.98. The number of para-hydroxylation sites is 2. The fraction of sp³-hybridized carbons (Fsp3) is 0.444. The summed E-state index contributed by atoms with van der Waals surface area (Å²) in [5, 5.41) is 3.26. The minimum atomic E-state index is -2.95. The van der Waals surface area contributed by atoms with Gasteiger partial charge in [0, 0.05) is 18.7 Å². The zero-order valence-electron chi connectivity index (χ0n) is 15.1. The molecule has 1 aliphatic rings. The van der Waals surface area contributed by atoms with Crippen LogP contribution in [0.5, 0.6) is 5.75 Å². The Labute approximate surface area is 154 Å². The van der Waals surface area contributed by atoms with Gasteiger partial charge in [0.05, 0.1) is 23.8 Å². The van der Waals surface area contributed by atoms with Crippen LogP contribution in [-0.2, 0) is 9.84 Å². The van der Waals surface area contributed by atoms with E-state index in [-0.39, 0.29) is 17.5 Å². The summed E-state index contributed by atoms with van der Waals surface area (Å²) >= 11 is 0. The Morgan fingerprint density at radius 2 is 2.08 bits per heavy atom. The van der Waals surface area contributed by atoms with Gasteiger partial charge in [-0.3, -0.25) is 0 Å². The highest BCUT2D eigenvalue weighted by Crippen LogP contribution is 2.28. The zero-order valence-corrected chi connectivity index (χ0v) is 15.9. The Bertz CT molecular complexity index is 857. The van der Waals surface area contributed by atoms with Gasteiger partial charge in [0.2, 0.25) is 0 Å². The molecule has 8 heteroatoms. The van der Waals surface area contributed by atoms with Crippen LogP contribution in [-0.4, -0.2) is 49.1 Å². The molecule has 0 bridgehead atoms. The molecule has 140 valence electrons. The third kappa shape index (κ3) is 4.24. The van der Waals surface area contributed by atoms with Gasteiger partial charge >= 0.3 is 0 Å². The third-order valence-electron chi connectivity index (χ3n) is 4.39. The van der Waals surface area contributed by atoms with E-state index < -0.39 is 9.84 Å². The summed E-state index contributed by atoms with van der Waals surface area (Å²) in [6.45, 7) is 5.21. The van der Waals surface area contributed by atoms with Crippen molar-refractivity contribution in [3.8, 4) is 5.75 Å². The van der Waals surface area contributed by atoms with Crippen LogP contribution in [0.25, 0.3) is 0 Å². The van der Waals surface area contributed by atoms with Gasteiger partial charge in [0.15, 0.2) is 9.84 Å². The van der Waals surface area contributed by atoms with Crippen LogP contribution in [0.15, 0.2) is 36.7 Å². The summed E-state index contributed by atoms with van der Waals surface area (Å²) in [5.74, 6) is 2.54. The van der Waals surface area contributed by atoms with Crippen LogP contribution in [0.2, 0.25) is 0 Å². The lowest BCUT2D eigenvalue weighted by atomic mass is 10.2. The molecule has 7 nitrogen and oxygen atoms in total. The first-order valence-corrected chi connectivity index (χ1v) is 10.6. The van der Waals surface area contributed by atoms with E-state index in [2.05, 4.69) is 15.3 Å². The summed E-state index contributed by atoms with van der Waals surface area (Å²) in [6, 6.07) is 9.47. The van der Waals surface area contributed by atoms with Gasteiger partial charge in [0.1, 0.15) is 23.7 Å². The molecule has 3 rings (SSSR count). The van der Waals surface area contributed by atoms with Crippen molar-refractivity contribution in [3.63, 3.8) is 0 Å². The number of hydrogen-bond donors (Lipinski definition) is 1. The molecule has 1 unspecified atom stereocenters. The van der Waals surface area contributed by atoms with Crippen molar-refractivity contribution in [1.82, 2.24) is 9.97 Å². The molecule has 0 radical (unpaired) electrons. The van der Waals surface area contributed by atoms with Crippen molar-refractivity contribution in [2.45, 2.75) is 26.3 Å². The molecule has 0 aliphatic carbocycles. The highest BCUT2D eigenvalue weighted by Gasteiger charge is 2.32. The molecule has 1 fully saturated rings. The molecule has 1 N–H and O–H groups in total. The van der Waals surface area contributed by atoms with Crippen LogP contribution in [0.4, 0.5) is 17.3 Å². The molecule has 0 spiro atoms. The number of nitrogens with one attached hydrogen (secondary N) is 1. The average molecular weight is 376 g/mol. The molecule has 2 aromatic rings. The van der Waals surface area contributed by atoms with Crippen molar-refractivity contribution in [2.24, 2.45) is 0 Å². The van der Waals surface area contributed by atoms with Gasteiger partial charge in [-0.2, -0.15) is 0 Å². The van der Waals surface area contributed by atoms with E-state index in [9.17, 15) is 8.42 Å². The summed E-state index contributed by atoms with van der Waals surface area (Å²) in [6.07, 6.45) is 2.13. The van der Waals surface area contributed by atoms with E-state index in [0.29, 0.717) is 25.4 Å². The number of rotatable bonds is 7. The summed E-state index contributed by atoms with van der Waals surface area (Å²) in [4.78, 5) is 10.7. The predicted octanol–water partition coefficient (Wildman–Crippen LogP) is 2.63. The number of anilines is 3. The van der Waals surface area contributed by atoms with Gasteiger partial charge in [0.25, 0.3) is 0 Å². The minimum absolute atomic E-state index is 0.0385. The Morgan fingerprint density at radius 3 is 2.77 bits per heavy atom. The van der Waals surface area contributed by atoms with Gasteiger partial charge < -0.3 is 15.0 Å². The smallest absolute Gasteiger partial charge is 0.152 e. The fourth-order valence-corrected chi connectivity index (χ4v) is 4.92. The maximum Gasteiger partial charge on any atom is 0.152 e. The monoisotopic (exact) mass is 376 g/mol. The SMILES string of the molecule is CCOc1ccccc1Nc1cc(N(CC)C2CCS(=O)(=O)C2)ncn1. The standard InChI is InChI=1S/C18H24N4O3S/c1-3-22(14-9-10-26(23,24)12-14)18-11-17(19-13-20-18)21-15-7-5-6-8-16(15)25-4-2/h5-8,11,13-14H,3-4,9-10,12H2,1-2H3,(H,19,20,21). The first-order valence-electron chi connectivity index (χ1n) is 8.80. The van der Waals surface area contributed by atoms with Crippen molar-refractivity contribution >= 4 is 27.2 Å². The summed E-state index contributed by atoms with van der Waals surface area (Å²) in [5.41, 5.74) is 0.825. The van der Waals surface area contributed by atoms with Crippen LogP contribution in [0, 0.1) is 0 Å². The molecule has 2 heterocycles. The predicted molar refractivity (Wildman–Crippen MR) is 103 cm³/mol. The lowest BCUT2D eigenvalue weighted by molar-refractivity contribution is 0.342. The van der Waals surface area contributed by atoms with E-state index in [1.807, 2.05) is 49.1 Å². The Kier molecular flexibility index (Phi) is 5.61. The second kappa shape index (κ2) is 7.90. The molecule has 1 aliphatic heterocycles. The topological polar surface area (TPSA) is 84.4 Å². The number of ether oxygens (including phenoxy) is 1. The van der Waals surface area contributed by atoms with E-state index in [1.54, 1.807) is 0 Å². The molecular formula is C18H24N4O3S. The number of benzene rings is 1. The largest absolute Gasteiger partial charge is 0.492 e. The van der Waals surface area contributed by atoms with Crippen molar-refractivity contribution in [3.05, 3.63) is 36.7 Å². The van der Waals surface area contributed by atoms with Crippen molar-refractivity contribution < 1.29 is 13.2 Å². The summed E-state index contributed by atoms with van der Waals surface area (Å²) < 4.78 is 29.3. The second-order valence-corrected chi connectivity index (χ2v) is 8.39. The van der Waals surface area contributed by atoms with E-state index in [4.69, 9.17) is 4.74 Å². The Balaban J connectivity index is 1.82. The molecule has 1 aromatic carbocycles. The quantitative estimate of drug-likeness (QED) is 0.795. The highest BCUT2D eigenvalue weighted by atomic mass is 32.2. The number of hydrogen-bond acceptors (Lipinski definition) is 7. The van der Waals surface area contributed by atoms with Gasteiger partial charge in [-0.1, -0.05) is 12.1 Å². The highest BCUT2D eigenvalue weighted by molar-refractivity contribution is 7.91. The molecule has 1 saturated heterocycles. The van der Waals surface area contributed by atoms with E-state index in [1.165, 1.54) is 6.33 Å². The van der Waals surface area contributed by atoms with Crippen molar-refractivity contribution in [2.75, 3.05) is 34.9 Å². The van der Waals surface area contributed by atoms with Crippen LogP contribution >= 0.6 is 0 Å². The lowest BCUT2D eigenvalue weighted by Crippen LogP contribution is -2.36. The molecule has 0 saturated carbocycles. The van der Waals surface area contributed by atoms with E-state index in [0.717, 1.165) is 17.3 Å².